The molecule has 0 bridgehead atoms. The SMILES string of the molecule is COc1ccc(CCN(C)C(=O)c2cccc(CSc3nc(Cl)cc(N4CCN(c5ccccc5C)CC4)n3)c2)cc1OC. The lowest BCUT2D eigenvalue weighted by molar-refractivity contribution is 0.0796. The van der Waals surface area contributed by atoms with Crippen molar-refractivity contribution in [1.82, 2.24) is 14.9 Å². The summed E-state index contributed by atoms with van der Waals surface area (Å²) in [4.78, 5) is 29.0. The number of halogens is 1. The highest BCUT2D eigenvalue weighted by Gasteiger charge is 2.21. The van der Waals surface area contributed by atoms with E-state index in [2.05, 4.69) is 46.0 Å². The molecule has 0 N–H and O–H groups in total. The summed E-state index contributed by atoms with van der Waals surface area (Å²) in [5.74, 6) is 2.81. The van der Waals surface area contributed by atoms with Crippen LogP contribution >= 0.6 is 23.4 Å². The standard InChI is InChI=1S/C34H38ClN5O3S/c1-24-8-5-6-11-28(24)39-16-18-40(19-17-39)32-22-31(35)36-34(37-32)44-23-26-9-7-10-27(20-26)33(41)38(2)15-14-25-12-13-29(42-3)30(21-25)43-4/h5-13,20-22H,14-19,23H2,1-4H3. The Morgan fingerprint density at radius 2 is 1.64 bits per heavy atom. The maximum Gasteiger partial charge on any atom is 0.253 e. The molecule has 5 rings (SSSR count). The summed E-state index contributed by atoms with van der Waals surface area (Å²) in [7, 11) is 5.06. The molecule has 44 heavy (non-hydrogen) atoms. The summed E-state index contributed by atoms with van der Waals surface area (Å²) in [6.07, 6.45) is 0.702. The average molecular weight is 632 g/mol. The van der Waals surface area contributed by atoms with Crippen LogP contribution in [0.25, 0.3) is 0 Å². The number of carbonyl (C=O) groups is 1. The Morgan fingerprint density at radius 1 is 0.886 bits per heavy atom. The van der Waals surface area contributed by atoms with Crippen LogP contribution in [0.15, 0.2) is 78.0 Å². The van der Waals surface area contributed by atoms with Crippen molar-refractivity contribution in [2.24, 2.45) is 0 Å². The fourth-order valence-corrected chi connectivity index (χ4v) is 6.33. The summed E-state index contributed by atoms with van der Waals surface area (Å²) in [5, 5.41) is 1.05. The molecular formula is C34H38ClN5O3S. The molecule has 0 radical (unpaired) electrons. The molecule has 1 saturated heterocycles. The fraction of sp³-hybridized carbons (Fsp3) is 0.324. The second kappa shape index (κ2) is 14.7. The number of rotatable bonds is 11. The van der Waals surface area contributed by atoms with Crippen LogP contribution in [-0.4, -0.2) is 74.8 Å². The third-order valence-electron chi connectivity index (χ3n) is 7.79. The quantitative estimate of drug-likeness (QED) is 0.107. The van der Waals surface area contributed by atoms with Crippen molar-refractivity contribution in [1.29, 1.82) is 0 Å². The van der Waals surface area contributed by atoms with E-state index in [1.54, 1.807) is 19.1 Å². The molecular weight excluding hydrogens is 594 g/mol. The minimum atomic E-state index is -0.0246. The van der Waals surface area contributed by atoms with E-state index in [4.69, 9.17) is 26.1 Å². The maximum absolute atomic E-state index is 13.2. The Morgan fingerprint density at radius 3 is 2.39 bits per heavy atom. The van der Waals surface area contributed by atoms with Crippen LogP contribution in [0.2, 0.25) is 5.15 Å². The number of thioether (sulfide) groups is 1. The van der Waals surface area contributed by atoms with Gasteiger partial charge in [-0.05, 0) is 60.4 Å². The number of anilines is 2. The zero-order valence-corrected chi connectivity index (χ0v) is 27.2. The molecule has 0 spiro atoms. The number of nitrogens with zero attached hydrogens (tertiary/aromatic N) is 5. The number of carbonyl (C=O) groups excluding carboxylic acids is 1. The molecule has 1 aliphatic heterocycles. The van der Waals surface area contributed by atoms with Gasteiger partial charge in [0.05, 0.1) is 14.2 Å². The smallest absolute Gasteiger partial charge is 0.253 e. The Kier molecular flexibility index (Phi) is 10.5. The molecule has 1 aliphatic rings. The van der Waals surface area contributed by atoms with Gasteiger partial charge in [-0.3, -0.25) is 4.79 Å². The first-order chi connectivity index (χ1) is 21.3. The highest BCUT2D eigenvalue weighted by Crippen LogP contribution is 2.29. The number of methoxy groups -OCH3 is 2. The van der Waals surface area contributed by atoms with E-state index in [-0.39, 0.29) is 5.91 Å². The Hall–Kier alpha value is -3.95. The molecule has 0 unspecified atom stereocenters. The van der Waals surface area contributed by atoms with Gasteiger partial charge in [0, 0.05) is 62.8 Å². The van der Waals surface area contributed by atoms with E-state index < -0.39 is 0 Å². The monoisotopic (exact) mass is 631 g/mol. The van der Waals surface area contributed by atoms with Gasteiger partial charge in [0.1, 0.15) is 11.0 Å². The molecule has 0 atom stereocenters. The minimum absolute atomic E-state index is 0.0246. The molecule has 230 valence electrons. The van der Waals surface area contributed by atoms with Crippen LogP contribution < -0.4 is 19.3 Å². The number of amides is 1. The molecule has 8 nitrogen and oxygen atoms in total. The second-order valence-electron chi connectivity index (χ2n) is 10.7. The largest absolute Gasteiger partial charge is 0.493 e. The van der Waals surface area contributed by atoms with Crippen LogP contribution in [0.5, 0.6) is 11.5 Å². The summed E-state index contributed by atoms with van der Waals surface area (Å²) >= 11 is 7.96. The normalized spacial score (nSPS) is 13.1. The van der Waals surface area contributed by atoms with E-state index in [9.17, 15) is 4.79 Å². The van der Waals surface area contributed by atoms with Gasteiger partial charge >= 0.3 is 0 Å². The van der Waals surface area contributed by atoms with Crippen LogP contribution in [-0.2, 0) is 12.2 Å². The summed E-state index contributed by atoms with van der Waals surface area (Å²) in [6, 6.07) is 23.9. The topological polar surface area (TPSA) is 71.0 Å². The van der Waals surface area contributed by atoms with Gasteiger partial charge in [0.2, 0.25) is 0 Å². The van der Waals surface area contributed by atoms with Crippen LogP contribution in [0.4, 0.5) is 11.5 Å². The molecule has 10 heteroatoms. The molecule has 3 aromatic carbocycles. The first-order valence-electron chi connectivity index (χ1n) is 14.6. The lowest BCUT2D eigenvalue weighted by Gasteiger charge is -2.37. The predicted octanol–water partition coefficient (Wildman–Crippen LogP) is 6.39. The summed E-state index contributed by atoms with van der Waals surface area (Å²) in [6.45, 7) is 6.27. The molecule has 0 aliphatic carbocycles. The molecule has 1 aromatic heterocycles. The van der Waals surface area contributed by atoms with Crippen molar-refractivity contribution in [3.8, 4) is 11.5 Å². The van der Waals surface area contributed by atoms with Crippen molar-refractivity contribution in [3.63, 3.8) is 0 Å². The number of aryl methyl sites for hydroxylation is 1. The first kappa shape index (κ1) is 31.5. The van der Waals surface area contributed by atoms with Crippen molar-refractivity contribution in [2.45, 2.75) is 24.3 Å². The summed E-state index contributed by atoms with van der Waals surface area (Å²) < 4.78 is 10.7. The van der Waals surface area contributed by atoms with E-state index in [0.717, 1.165) is 43.1 Å². The van der Waals surface area contributed by atoms with Gasteiger partial charge in [-0.1, -0.05) is 59.8 Å². The minimum Gasteiger partial charge on any atom is -0.493 e. The molecule has 4 aromatic rings. The fourth-order valence-electron chi connectivity index (χ4n) is 5.30. The van der Waals surface area contributed by atoms with E-state index in [1.807, 2.05) is 55.6 Å². The summed E-state index contributed by atoms with van der Waals surface area (Å²) in [5.41, 5.74) is 5.32. The van der Waals surface area contributed by atoms with E-state index in [0.29, 0.717) is 46.1 Å². The highest BCUT2D eigenvalue weighted by atomic mass is 35.5. The lowest BCUT2D eigenvalue weighted by atomic mass is 10.1. The number of ether oxygens (including phenoxy) is 2. The predicted molar refractivity (Wildman–Crippen MR) is 179 cm³/mol. The van der Waals surface area contributed by atoms with Crippen molar-refractivity contribution in [3.05, 3.63) is 100 Å². The zero-order valence-electron chi connectivity index (χ0n) is 25.6. The lowest BCUT2D eigenvalue weighted by Crippen LogP contribution is -2.47. The number of hydrogen-bond donors (Lipinski definition) is 0. The van der Waals surface area contributed by atoms with Gasteiger partial charge in [0.15, 0.2) is 16.7 Å². The third kappa shape index (κ3) is 7.76. The van der Waals surface area contributed by atoms with Crippen LogP contribution in [0, 0.1) is 6.92 Å². The van der Waals surface area contributed by atoms with Gasteiger partial charge < -0.3 is 24.2 Å². The van der Waals surface area contributed by atoms with Gasteiger partial charge in [0.25, 0.3) is 5.91 Å². The Labute approximate surface area is 269 Å². The van der Waals surface area contributed by atoms with Crippen LogP contribution in [0.1, 0.15) is 27.0 Å². The van der Waals surface area contributed by atoms with Gasteiger partial charge in [-0.15, -0.1) is 0 Å². The number of hydrogen-bond acceptors (Lipinski definition) is 8. The van der Waals surface area contributed by atoms with Crippen molar-refractivity contribution in [2.75, 3.05) is 63.8 Å². The molecule has 0 saturated carbocycles. The molecule has 2 heterocycles. The molecule has 1 fully saturated rings. The third-order valence-corrected chi connectivity index (χ3v) is 8.91. The Bertz CT molecular complexity index is 1600. The first-order valence-corrected chi connectivity index (χ1v) is 16.0. The van der Waals surface area contributed by atoms with Gasteiger partial charge in [-0.2, -0.15) is 0 Å². The van der Waals surface area contributed by atoms with Gasteiger partial charge in [-0.25, -0.2) is 9.97 Å². The number of benzene rings is 3. The highest BCUT2D eigenvalue weighted by molar-refractivity contribution is 7.98. The number of likely N-dealkylation sites (N-methyl/N-ethyl adjacent to an activating group) is 1. The Balaban J connectivity index is 1.17. The molecule has 1 amide bonds. The van der Waals surface area contributed by atoms with E-state index >= 15 is 0 Å². The van der Waals surface area contributed by atoms with Crippen molar-refractivity contribution >= 4 is 40.8 Å². The van der Waals surface area contributed by atoms with E-state index in [1.165, 1.54) is 23.0 Å². The average Bonchev–Trinajstić information content (AvgIpc) is 3.06. The second-order valence-corrected chi connectivity index (χ2v) is 12.1. The number of piperazine rings is 1. The number of aromatic nitrogens is 2. The number of para-hydroxylation sites is 1. The van der Waals surface area contributed by atoms with Crippen LogP contribution in [0.3, 0.4) is 0 Å². The maximum atomic E-state index is 13.2. The van der Waals surface area contributed by atoms with Crippen molar-refractivity contribution < 1.29 is 14.3 Å². The zero-order chi connectivity index (χ0) is 31.1.